The molecule has 0 aliphatic rings. The Balaban J connectivity index is 1.94. The molecule has 0 aliphatic heterocycles. The number of rotatable bonds is 3. The van der Waals surface area contributed by atoms with Crippen molar-refractivity contribution >= 4 is 39.7 Å². The van der Waals surface area contributed by atoms with Crippen LogP contribution >= 0.6 is 11.6 Å². The van der Waals surface area contributed by atoms with Crippen LogP contribution in [0.2, 0.25) is 5.02 Å². The molecule has 120 valence electrons. The van der Waals surface area contributed by atoms with Gasteiger partial charge in [-0.05, 0) is 29.7 Å². The number of carbonyl (C=O) groups is 1. The molecule has 3 aromatic rings. The summed E-state index contributed by atoms with van der Waals surface area (Å²) in [6.07, 6.45) is 0. The Morgan fingerprint density at radius 1 is 1.17 bits per heavy atom. The molecule has 0 saturated carbocycles. The number of fused-ring (bicyclic) bond motifs is 1. The predicted octanol–water partition coefficient (Wildman–Crippen LogP) is 3.61. The van der Waals surface area contributed by atoms with Crippen LogP contribution in [0.4, 0.5) is 11.4 Å². The molecule has 1 heterocycles. The van der Waals surface area contributed by atoms with Gasteiger partial charge in [-0.15, -0.1) is 0 Å². The molecule has 0 radical (unpaired) electrons. The molecule has 3 rings (SSSR count). The molecular formula is C16H9ClN2O5. The second kappa shape index (κ2) is 6.13. The normalized spacial score (nSPS) is 10.5. The summed E-state index contributed by atoms with van der Waals surface area (Å²) in [4.78, 5) is 34.3. The topological polar surface area (TPSA) is 102 Å². The highest BCUT2D eigenvalue weighted by Crippen LogP contribution is 2.27. The van der Waals surface area contributed by atoms with Crippen LogP contribution in [-0.4, -0.2) is 10.8 Å². The Morgan fingerprint density at radius 3 is 2.67 bits per heavy atom. The Labute approximate surface area is 139 Å². The van der Waals surface area contributed by atoms with Crippen molar-refractivity contribution < 1.29 is 14.1 Å². The van der Waals surface area contributed by atoms with E-state index in [1.165, 1.54) is 18.2 Å². The third-order valence-corrected chi connectivity index (χ3v) is 3.61. The van der Waals surface area contributed by atoms with Gasteiger partial charge < -0.3 is 9.73 Å². The molecule has 8 heteroatoms. The quantitative estimate of drug-likeness (QED) is 0.577. The minimum atomic E-state index is -0.700. The summed E-state index contributed by atoms with van der Waals surface area (Å²) < 4.78 is 5.00. The highest BCUT2D eigenvalue weighted by Gasteiger charge is 2.16. The van der Waals surface area contributed by atoms with Gasteiger partial charge in [0.05, 0.1) is 10.3 Å². The first-order valence-electron chi connectivity index (χ1n) is 6.74. The number of nitrogens with zero attached hydrogens (tertiary/aromatic N) is 1. The van der Waals surface area contributed by atoms with Gasteiger partial charge in [-0.1, -0.05) is 29.8 Å². The summed E-state index contributed by atoms with van der Waals surface area (Å²) >= 11 is 5.72. The molecular weight excluding hydrogens is 336 g/mol. The van der Waals surface area contributed by atoms with Crippen LogP contribution in [0.5, 0.6) is 0 Å². The van der Waals surface area contributed by atoms with E-state index >= 15 is 0 Å². The van der Waals surface area contributed by atoms with Gasteiger partial charge in [-0.3, -0.25) is 14.9 Å². The minimum absolute atomic E-state index is 0.0461. The van der Waals surface area contributed by atoms with Crippen LogP contribution in [0.1, 0.15) is 10.6 Å². The fraction of sp³-hybridized carbons (Fsp3) is 0. The Morgan fingerprint density at radius 2 is 1.92 bits per heavy atom. The van der Waals surface area contributed by atoms with E-state index < -0.39 is 16.5 Å². The number of benzene rings is 2. The number of hydrogen-bond donors (Lipinski definition) is 1. The zero-order chi connectivity index (χ0) is 17.3. The molecule has 1 aromatic heterocycles. The summed E-state index contributed by atoms with van der Waals surface area (Å²) in [6, 6.07) is 11.9. The van der Waals surface area contributed by atoms with Crippen LogP contribution < -0.4 is 10.9 Å². The van der Waals surface area contributed by atoms with Crippen LogP contribution in [-0.2, 0) is 0 Å². The average molecular weight is 345 g/mol. The number of halogens is 1. The van der Waals surface area contributed by atoms with Gasteiger partial charge in [0.25, 0.3) is 11.6 Å². The van der Waals surface area contributed by atoms with E-state index in [0.29, 0.717) is 10.8 Å². The molecule has 0 spiro atoms. The maximum absolute atomic E-state index is 12.2. The van der Waals surface area contributed by atoms with Gasteiger partial charge in [0, 0.05) is 11.8 Å². The van der Waals surface area contributed by atoms with Crippen LogP contribution in [0.15, 0.2) is 57.7 Å². The van der Waals surface area contributed by atoms with Crippen molar-refractivity contribution in [1.29, 1.82) is 0 Å². The lowest BCUT2D eigenvalue weighted by atomic mass is 10.1. The molecule has 2 aromatic carbocycles. The fourth-order valence-corrected chi connectivity index (χ4v) is 2.36. The summed E-state index contributed by atoms with van der Waals surface area (Å²) in [5, 5.41) is 14.2. The minimum Gasteiger partial charge on any atom is -0.417 e. The molecule has 24 heavy (non-hydrogen) atoms. The van der Waals surface area contributed by atoms with Crippen molar-refractivity contribution in [3.63, 3.8) is 0 Å². The fourth-order valence-electron chi connectivity index (χ4n) is 2.17. The molecule has 0 saturated heterocycles. The standard InChI is InChI=1S/C16H9ClN2O5/c17-12-6-5-10(8-13(12)19(22)23)18-15(20)14-7-9-3-1-2-4-11(9)16(21)24-14/h1-8H,(H,18,20). The molecule has 0 aliphatic carbocycles. The van der Waals surface area contributed by atoms with Gasteiger partial charge in [0.15, 0.2) is 5.76 Å². The van der Waals surface area contributed by atoms with Crippen LogP contribution in [0.25, 0.3) is 10.8 Å². The van der Waals surface area contributed by atoms with Gasteiger partial charge in [0.1, 0.15) is 5.02 Å². The lowest BCUT2D eigenvalue weighted by Crippen LogP contribution is -2.15. The van der Waals surface area contributed by atoms with Crippen LogP contribution in [0.3, 0.4) is 0 Å². The first kappa shape index (κ1) is 15.7. The highest BCUT2D eigenvalue weighted by atomic mass is 35.5. The lowest BCUT2D eigenvalue weighted by molar-refractivity contribution is -0.384. The van der Waals surface area contributed by atoms with E-state index in [1.807, 2.05) is 0 Å². The van der Waals surface area contributed by atoms with E-state index in [0.717, 1.165) is 6.07 Å². The summed E-state index contributed by atoms with van der Waals surface area (Å²) in [7, 11) is 0. The summed E-state index contributed by atoms with van der Waals surface area (Å²) in [6.45, 7) is 0. The Kier molecular flexibility index (Phi) is 4.01. The largest absolute Gasteiger partial charge is 0.417 e. The summed E-state index contributed by atoms with van der Waals surface area (Å²) in [5.74, 6) is -0.897. The van der Waals surface area contributed by atoms with Gasteiger partial charge >= 0.3 is 5.63 Å². The van der Waals surface area contributed by atoms with Crippen molar-refractivity contribution in [2.45, 2.75) is 0 Å². The van der Waals surface area contributed by atoms with E-state index in [1.54, 1.807) is 24.3 Å². The zero-order valence-electron chi connectivity index (χ0n) is 12.0. The van der Waals surface area contributed by atoms with Gasteiger partial charge in [-0.25, -0.2) is 4.79 Å². The number of amides is 1. The third kappa shape index (κ3) is 2.97. The second-order valence-electron chi connectivity index (χ2n) is 4.86. The van der Waals surface area contributed by atoms with E-state index in [-0.39, 0.29) is 22.2 Å². The SMILES string of the molecule is O=C(Nc1ccc(Cl)c([N+](=O)[O-])c1)c1cc2ccccc2c(=O)o1. The van der Waals surface area contributed by atoms with Crippen LogP contribution in [0, 0.1) is 10.1 Å². The first-order chi connectivity index (χ1) is 11.5. The number of carbonyl (C=O) groups excluding carboxylic acids is 1. The predicted molar refractivity (Wildman–Crippen MR) is 88.5 cm³/mol. The maximum Gasteiger partial charge on any atom is 0.344 e. The molecule has 7 nitrogen and oxygen atoms in total. The van der Waals surface area contributed by atoms with E-state index in [9.17, 15) is 19.7 Å². The maximum atomic E-state index is 12.2. The number of anilines is 1. The molecule has 0 atom stereocenters. The molecule has 1 N–H and O–H groups in total. The number of nitrogens with one attached hydrogen (secondary N) is 1. The molecule has 0 unspecified atom stereocenters. The monoisotopic (exact) mass is 344 g/mol. The molecule has 0 fully saturated rings. The van der Waals surface area contributed by atoms with Crippen molar-refractivity contribution in [2.24, 2.45) is 0 Å². The number of hydrogen-bond acceptors (Lipinski definition) is 5. The van der Waals surface area contributed by atoms with Crippen molar-refractivity contribution in [2.75, 3.05) is 5.32 Å². The van der Waals surface area contributed by atoms with Crippen molar-refractivity contribution in [3.05, 3.63) is 79.8 Å². The second-order valence-corrected chi connectivity index (χ2v) is 5.27. The van der Waals surface area contributed by atoms with Crippen molar-refractivity contribution in [3.8, 4) is 0 Å². The lowest BCUT2D eigenvalue weighted by Gasteiger charge is -2.05. The average Bonchev–Trinajstić information content (AvgIpc) is 2.56. The van der Waals surface area contributed by atoms with E-state index in [2.05, 4.69) is 5.32 Å². The Hall–Kier alpha value is -3.19. The molecule has 1 amide bonds. The third-order valence-electron chi connectivity index (χ3n) is 3.29. The van der Waals surface area contributed by atoms with Crippen molar-refractivity contribution in [1.82, 2.24) is 0 Å². The summed E-state index contributed by atoms with van der Waals surface area (Å²) in [5.41, 5.74) is -0.818. The molecule has 0 bridgehead atoms. The number of nitro groups is 1. The number of nitro benzene ring substituents is 1. The van der Waals surface area contributed by atoms with Gasteiger partial charge in [0.2, 0.25) is 0 Å². The smallest absolute Gasteiger partial charge is 0.344 e. The van der Waals surface area contributed by atoms with Gasteiger partial charge in [-0.2, -0.15) is 0 Å². The highest BCUT2D eigenvalue weighted by molar-refractivity contribution is 6.32. The Bertz CT molecular complexity index is 1030. The zero-order valence-corrected chi connectivity index (χ0v) is 12.7. The first-order valence-corrected chi connectivity index (χ1v) is 7.11. The van der Waals surface area contributed by atoms with E-state index in [4.69, 9.17) is 16.0 Å².